The van der Waals surface area contributed by atoms with Crippen LogP contribution in [0, 0.1) is 5.92 Å². The summed E-state index contributed by atoms with van der Waals surface area (Å²) in [6, 6.07) is -0.311. The molecule has 4 heteroatoms. The molecule has 2 fully saturated rings. The van der Waals surface area contributed by atoms with Gasteiger partial charge < -0.3 is 9.84 Å². The van der Waals surface area contributed by atoms with Crippen molar-refractivity contribution in [1.82, 2.24) is 5.32 Å². The molecule has 0 spiro atoms. The van der Waals surface area contributed by atoms with Gasteiger partial charge in [-0.1, -0.05) is 19.8 Å². The van der Waals surface area contributed by atoms with Crippen molar-refractivity contribution in [3.8, 4) is 0 Å². The minimum atomic E-state index is -0.798. The summed E-state index contributed by atoms with van der Waals surface area (Å²) in [7, 11) is 0. The molecule has 5 atom stereocenters. The lowest BCUT2D eigenvalue weighted by Crippen LogP contribution is -2.62. The first-order valence-corrected chi connectivity index (χ1v) is 6.76. The number of carboxylic acid groups (broad SMARTS) is 1. The van der Waals surface area contributed by atoms with Gasteiger partial charge in [0.15, 0.2) is 0 Å². The number of fused-ring (bicyclic) bond motifs is 1. The summed E-state index contributed by atoms with van der Waals surface area (Å²) in [6.45, 7) is 4.05. The van der Waals surface area contributed by atoms with E-state index in [1.165, 1.54) is 19.3 Å². The van der Waals surface area contributed by atoms with Crippen molar-refractivity contribution in [2.45, 2.75) is 70.2 Å². The topological polar surface area (TPSA) is 58.6 Å². The van der Waals surface area contributed by atoms with E-state index in [-0.39, 0.29) is 18.2 Å². The summed E-state index contributed by atoms with van der Waals surface area (Å²) in [5.74, 6) is -0.0613. The van der Waals surface area contributed by atoms with Gasteiger partial charge in [0.1, 0.15) is 6.04 Å². The lowest BCUT2D eigenvalue weighted by atomic mass is 9.80. The average molecular weight is 241 g/mol. The number of hydrogen-bond donors (Lipinski definition) is 2. The molecule has 1 aliphatic carbocycles. The van der Waals surface area contributed by atoms with E-state index in [4.69, 9.17) is 9.84 Å². The van der Waals surface area contributed by atoms with Crippen LogP contribution >= 0.6 is 0 Å². The lowest BCUT2D eigenvalue weighted by molar-refractivity contribution is -0.155. The predicted molar refractivity (Wildman–Crippen MR) is 64.9 cm³/mol. The Morgan fingerprint density at radius 1 is 1.47 bits per heavy atom. The first-order valence-electron chi connectivity index (χ1n) is 6.76. The Labute approximate surface area is 103 Å². The first kappa shape index (κ1) is 12.8. The van der Waals surface area contributed by atoms with E-state index in [0.717, 1.165) is 18.8 Å². The molecule has 0 aromatic heterocycles. The van der Waals surface area contributed by atoms with Crippen LogP contribution in [0.1, 0.15) is 46.0 Å². The van der Waals surface area contributed by atoms with Crippen molar-refractivity contribution < 1.29 is 14.6 Å². The molecule has 0 aromatic rings. The second-order valence-corrected chi connectivity index (χ2v) is 5.44. The van der Waals surface area contributed by atoms with E-state index >= 15 is 0 Å². The molecule has 2 N–H and O–H groups in total. The van der Waals surface area contributed by atoms with Crippen LogP contribution in [0.3, 0.4) is 0 Å². The number of nitrogens with one attached hydrogen (secondary N) is 1. The summed E-state index contributed by atoms with van der Waals surface area (Å²) in [4.78, 5) is 11.1. The molecule has 2 aliphatic rings. The predicted octanol–water partition coefficient (Wildman–Crippen LogP) is 1.79. The van der Waals surface area contributed by atoms with Gasteiger partial charge >= 0.3 is 5.97 Å². The van der Waals surface area contributed by atoms with Crippen molar-refractivity contribution in [2.75, 3.05) is 0 Å². The molecule has 5 unspecified atom stereocenters. The van der Waals surface area contributed by atoms with E-state index in [9.17, 15) is 4.79 Å². The fourth-order valence-electron chi connectivity index (χ4n) is 3.23. The number of ether oxygens (including phenoxy) is 1. The van der Waals surface area contributed by atoms with Gasteiger partial charge in [0.05, 0.1) is 12.2 Å². The fourth-order valence-corrected chi connectivity index (χ4v) is 3.23. The Hall–Kier alpha value is -0.610. The zero-order valence-electron chi connectivity index (χ0n) is 10.7. The molecule has 4 nitrogen and oxygen atoms in total. The molecule has 17 heavy (non-hydrogen) atoms. The molecule has 98 valence electrons. The molecular formula is C13H23NO3. The quantitative estimate of drug-likeness (QED) is 0.791. The normalized spacial score (nSPS) is 41.9. The number of aliphatic carboxylic acids is 1. The van der Waals surface area contributed by atoms with Crippen molar-refractivity contribution in [3.63, 3.8) is 0 Å². The molecule has 1 saturated carbocycles. The van der Waals surface area contributed by atoms with Gasteiger partial charge in [0.2, 0.25) is 0 Å². The summed E-state index contributed by atoms with van der Waals surface area (Å²) < 4.78 is 5.85. The van der Waals surface area contributed by atoms with Gasteiger partial charge in [-0.2, -0.15) is 0 Å². The molecule has 0 radical (unpaired) electrons. The third kappa shape index (κ3) is 2.80. The highest BCUT2D eigenvalue weighted by atomic mass is 16.5. The van der Waals surface area contributed by atoms with E-state index < -0.39 is 12.0 Å². The Kier molecular flexibility index (Phi) is 4.05. The molecule has 1 heterocycles. The van der Waals surface area contributed by atoms with Gasteiger partial charge in [-0.15, -0.1) is 0 Å². The number of carbonyl (C=O) groups is 1. The molecule has 1 aliphatic heterocycles. The molecule has 0 aromatic carbocycles. The fraction of sp³-hybridized carbons (Fsp3) is 0.923. The highest BCUT2D eigenvalue weighted by Gasteiger charge is 2.41. The average Bonchev–Trinajstić information content (AvgIpc) is 2.28. The van der Waals surface area contributed by atoms with Crippen LogP contribution in [0.5, 0.6) is 0 Å². The Bertz CT molecular complexity index is 282. The first-order chi connectivity index (χ1) is 8.11. The van der Waals surface area contributed by atoms with E-state index in [0.29, 0.717) is 0 Å². The van der Waals surface area contributed by atoms with Gasteiger partial charge in [-0.3, -0.25) is 10.1 Å². The van der Waals surface area contributed by atoms with Crippen LogP contribution in [-0.2, 0) is 9.53 Å². The van der Waals surface area contributed by atoms with E-state index in [1.807, 2.05) is 6.92 Å². The van der Waals surface area contributed by atoms with Gasteiger partial charge in [-0.25, -0.2) is 0 Å². The van der Waals surface area contributed by atoms with Crippen LogP contribution in [0.25, 0.3) is 0 Å². The van der Waals surface area contributed by atoms with Crippen molar-refractivity contribution in [1.29, 1.82) is 0 Å². The third-order valence-electron chi connectivity index (χ3n) is 4.11. The molecule has 0 bridgehead atoms. The minimum Gasteiger partial charge on any atom is -0.480 e. The highest BCUT2D eigenvalue weighted by molar-refractivity contribution is 5.74. The van der Waals surface area contributed by atoms with Gasteiger partial charge in [0, 0.05) is 6.04 Å². The summed E-state index contributed by atoms with van der Waals surface area (Å²) in [5, 5.41) is 12.4. The number of morpholine rings is 1. The van der Waals surface area contributed by atoms with Crippen molar-refractivity contribution in [2.24, 2.45) is 5.92 Å². The Balaban J connectivity index is 1.97. The van der Waals surface area contributed by atoms with E-state index in [2.05, 4.69) is 12.2 Å². The smallest absolute Gasteiger partial charge is 0.323 e. The van der Waals surface area contributed by atoms with Crippen LogP contribution in [0.15, 0.2) is 0 Å². The maximum Gasteiger partial charge on any atom is 0.323 e. The molecular weight excluding hydrogens is 218 g/mol. The van der Waals surface area contributed by atoms with Gasteiger partial charge in [0.25, 0.3) is 0 Å². The van der Waals surface area contributed by atoms with Crippen LogP contribution in [0.4, 0.5) is 0 Å². The Morgan fingerprint density at radius 3 is 2.88 bits per heavy atom. The van der Waals surface area contributed by atoms with Crippen LogP contribution in [0.2, 0.25) is 0 Å². The molecule has 2 rings (SSSR count). The molecule has 1 saturated heterocycles. The SMILES string of the molecule is CCCC1CCC2OC(C)C(C(=O)O)NC2C1. The minimum absolute atomic E-state index is 0.216. The summed E-state index contributed by atoms with van der Waals surface area (Å²) >= 11 is 0. The number of rotatable bonds is 3. The van der Waals surface area contributed by atoms with Crippen molar-refractivity contribution >= 4 is 5.97 Å². The number of hydrogen-bond acceptors (Lipinski definition) is 3. The zero-order chi connectivity index (χ0) is 12.4. The lowest BCUT2D eigenvalue weighted by Gasteiger charge is -2.44. The summed E-state index contributed by atoms with van der Waals surface area (Å²) in [5.41, 5.74) is 0. The number of carboxylic acids is 1. The largest absolute Gasteiger partial charge is 0.480 e. The monoisotopic (exact) mass is 241 g/mol. The Morgan fingerprint density at radius 2 is 2.24 bits per heavy atom. The third-order valence-corrected chi connectivity index (χ3v) is 4.11. The van der Waals surface area contributed by atoms with Crippen LogP contribution < -0.4 is 5.32 Å². The second kappa shape index (κ2) is 5.36. The maximum absolute atomic E-state index is 11.1. The zero-order valence-corrected chi connectivity index (χ0v) is 10.7. The molecule has 0 amide bonds. The summed E-state index contributed by atoms with van der Waals surface area (Å²) in [6.07, 6.45) is 5.81. The van der Waals surface area contributed by atoms with Gasteiger partial charge in [-0.05, 0) is 32.1 Å². The van der Waals surface area contributed by atoms with Crippen LogP contribution in [-0.4, -0.2) is 35.4 Å². The van der Waals surface area contributed by atoms with Crippen molar-refractivity contribution in [3.05, 3.63) is 0 Å². The standard InChI is InChI=1S/C13H23NO3/c1-3-4-9-5-6-11-10(7-9)14-12(13(15)16)8(2)17-11/h8-12,14H,3-7H2,1-2H3,(H,15,16). The highest BCUT2D eigenvalue weighted by Crippen LogP contribution is 2.33. The van der Waals surface area contributed by atoms with E-state index in [1.54, 1.807) is 0 Å². The maximum atomic E-state index is 11.1. The second-order valence-electron chi connectivity index (χ2n) is 5.44.